The van der Waals surface area contributed by atoms with E-state index in [9.17, 15) is 33.6 Å². The van der Waals surface area contributed by atoms with Crippen molar-refractivity contribution in [2.75, 3.05) is 19.8 Å². The summed E-state index contributed by atoms with van der Waals surface area (Å²) in [5.74, 6) is 6.62. The Hall–Kier alpha value is -5.81. The topological polar surface area (TPSA) is 158 Å². The maximum Gasteiger partial charge on any atom is 0.133 e. The molecule has 0 radical (unpaired) electrons. The van der Waals surface area contributed by atoms with Crippen LogP contribution in [0.1, 0.15) is 229 Å². The van der Waals surface area contributed by atoms with Crippen LogP contribution >= 0.6 is 0 Å². The van der Waals surface area contributed by atoms with Gasteiger partial charge >= 0.3 is 0 Å². The number of ether oxygens (including phenoxy) is 2. The monoisotopic (exact) mass is 1190 g/mol. The van der Waals surface area contributed by atoms with E-state index in [2.05, 4.69) is 93.2 Å². The molecule has 0 heterocycles. The summed E-state index contributed by atoms with van der Waals surface area (Å²) in [5, 5.41) is 8.50. The fraction of sp³-hybridized carbons (Fsp3) is 0.571. The van der Waals surface area contributed by atoms with E-state index >= 15 is 0 Å². The molecule has 6 aliphatic rings. The number of rotatable bonds is 21. The highest BCUT2D eigenvalue weighted by atomic mass is 16.5. The first-order chi connectivity index (χ1) is 42.2. The third kappa shape index (κ3) is 34.5. The third-order valence-corrected chi connectivity index (χ3v) is 17.5. The van der Waals surface area contributed by atoms with Crippen molar-refractivity contribution in [3.05, 3.63) is 156 Å². The summed E-state index contributed by atoms with van der Waals surface area (Å²) in [7, 11) is 0. The van der Waals surface area contributed by atoms with Crippen LogP contribution in [-0.2, 0) is 62.7 Å². The number of carbonyl (C=O) groups is 7. The minimum absolute atomic E-state index is 0.234. The van der Waals surface area contributed by atoms with Gasteiger partial charge in [-0.25, -0.2) is 0 Å². The first-order valence-corrected chi connectivity index (χ1v) is 33.4. The second-order valence-corrected chi connectivity index (χ2v) is 25.2. The van der Waals surface area contributed by atoms with Crippen LogP contribution < -0.4 is 0 Å². The average Bonchev–Trinajstić information content (AvgIpc) is 4.51. The molecule has 7 unspecified atom stereocenters. The Kier molecular flexibility index (Phi) is 38.5. The zero-order chi connectivity index (χ0) is 62.7. The maximum atomic E-state index is 11.3. The molecule has 476 valence electrons. The first-order valence-electron chi connectivity index (χ1n) is 33.4. The highest BCUT2D eigenvalue weighted by molar-refractivity contribution is 5.82. The number of hydrogen-bond donors (Lipinski definition) is 1. The van der Waals surface area contributed by atoms with Gasteiger partial charge in [0.2, 0.25) is 0 Å². The van der Waals surface area contributed by atoms with E-state index in [1.807, 2.05) is 54.6 Å². The van der Waals surface area contributed by atoms with Crippen molar-refractivity contribution in [3.8, 4) is 0 Å². The summed E-state index contributed by atoms with van der Waals surface area (Å²) in [4.78, 5) is 76.8. The second-order valence-electron chi connectivity index (χ2n) is 25.2. The first kappa shape index (κ1) is 73.7. The molecule has 4 aromatic carbocycles. The molecule has 10 rings (SSSR count). The number of allylic oxidation sites excluding steroid dienone is 1. The molecule has 87 heavy (non-hydrogen) atoms. The quantitative estimate of drug-likeness (QED) is 0.0796. The van der Waals surface area contributed by atoms with E-state index in [-0.39, 0.29) is 6.61 Å². The lowest BCUT2D eigenvalue weighted by Gasteiger charge is -2.20. The lowest BCUT2D eigenvalue weighted by molar-refractivity contribution is -0.122. The van der Waals surface area contributed by atoms with Crippen LogP contribution in [0.25, 0.3) is 0 Å². The summed E-state index contributed by atoms with van der Waals surface area (Å²) in [6.07, 6.45) is 29.5. The number of carbonyl (C=O) groups excluding carboxylic acids is 7. The van der Waals surface area contributed by atoms with Crippen molar-refractivity contribution in [2.45, 2.75) is 226 Å². The molecular formula is C77H108O10. The van der Waals surface area contributed by atoms with E-state index in [1.54, 1.807) is 6.92 Å². The zero-order valence-corrected chi connectivity index (χ0v) is 53.5. The van der Waals surface area contributed by atoms with Gasteiger partial charge < -0.3 is 19.4 Å². The smallest absolute Gasteiger partial charge is 0.133 e. The fourth-order valence-electron chi connectivity index (χ4n) is 12.4. The standard InChI is InChI=1S/C14H18O2.C13H16O2.C13H16O.C12H14O.C9H14O.C9H18O.C7H12O2/c15-14-8-4-7-13(9-14)11-16-10-12-5-2-1-3-6-12;14-13-7-6-12(8-13)10-15-9-11-4-2-1-3-5-11;14-13-9-8-12(10-13)7-6-11-4-2-1-3-5-11;13-12-8-4-7-11(9-12)10-5-2-1-3-6-10;1-2-4-8-5-3-6-9(10)7-8;1-4-6-9(5-2)7-8(3)10;8-4-3-6-1-2-7(9)5-6/h1-3,5-6,13H,4,7-11H2;1-5,12H,6-10H2;1-5,12H,6-10H2;1-3,5-6,11H,4,7-9H2;2,8H,1,3-7H2;9H,4-7H2,1-3H3;6,8H,1-5H2. The Labute approximate surface area is 523 Å². The van der Waals surface area contributed by atoms with Gasteiger partial charge in [0.25, 0.3) is 0 Å². The summed E-state index contributed by atoms with van der Waals surface area (Å²) >= 11 is 0. The Morgan fingerprint density at radius 3 is 1.32 bits per heavy atom. The molecule has 4 aromatic rings. The van der Waals surface area contributed by atoms with E-state index in [1.165, 1.54) is 54.4 Å². The van der Waals surface area contributed by atoms with Crippen LogP contribution in [0.2, 0.25) is 0 Å². The lowest BCUT2D eigenvalue weighted by Crippen LogP contribution is -2.19. The van der Waals surface area contributed by atoms with Gasteiger partial charge in [-0.15, -0.1) is 6.58 Å². The summed E-state index contributed by atoms with van der Waals surface area (Å²) in [6, 6.07) is 41.2. The summed E-state index contributed by atoms with van der Waals surface area (Å²) in [6.45, 7) is 12.7. The Bertz CT molecular complexity index is 2540. The number of ketones is 7. The van der Waals surface area contributed by atoms with Crippen LogP contribution in [0.5, 0.6) is 0 Å². The number of hydrogen-bond acceptors (Lipinski definition) is 10. The van der Waals surface area contributed by atoms with Gasteiger partial charge in [-0.1, -0.05) is 161 Å². The predicted octanol–water partition coefficient (Wildman–Crippen LogP) is 17.3. The molecule has 10 heteroatoms. The summed E-state index contributed by atoms with van der Waals surface area (Å²) < 4.78 is 11.3. The number of aryl methyl sites for hydroxylation is 1. The second kappa shape index (κ2) is 45.4. The van der Waals surface area contributed by atoms with Gasteiger partial charge in [0.1, 0.15) is 40.5 Å². The van der Waals surface area contributed by atoms with E-state index in [0.717, 1.165) is 161 Å². The number of aliphatic hydroxyl groups is 1. The van der Waals surface area contributed by atoms with Gasteiger partial charge in [0, 0.05) is 90.1 Å². The predicted molar refractivity (Wildman–Crippen MR) is 351 cm³/mol. The van der Waals surface area contributed by atoms with Crippen molar-refractivity contribution in [1.29, 1.82) is 0 Å². The molecule has 0 spiro atoms. The lowest BCUT2D eigenvalue weighted by atomic mass is 9.83. The molecule has 0 bridgehead atoms. The van der Waals surface area contributed by atoms with E-state index in [0.29, 0.717) is 102 Å². The normalized spacial score (nSPS) is 21.7. The van der Waals surface area contributed by atoms with Crippen molar-refractivity contribution >= 4 is 40.5 Å². The molecule has 7 atom stereocenters. The molecule has 6 fully saturated rings. The van der Waals surface area contributed by atoms with Gasteiger partial charge in [0.15, 0.2) is 0 Å². The molecule has 0 saturated heterocycles. The van der Waals surface area contributed by atoms with Gasteiger partial charge in [-0.2, -0.15) is 0 Å². The van der Waals surface area contributed by atoms with Crippen molar-refractivity contribution in [2.24, 2.45) is 35.5 Å². The van der Waals surface area contributed by atoms with E-state index in [4.69, 9.17) is 14.6 Å². The van der Waals surface area contributed by atoms with Crippen LogP contribution in [0.3, 0.4) is 0 Å². The Morgan fingerprint density at radius 2 is 0.908 bits per heavy atom. The molecule has 6 saturated carbocycles. The van der Waals surface area contributed by atoms with Crippen LogP contribution in [-0.4, -0.2) is 65.4 Å². The van der Waals surface area contributed by atoms with Gasteiger partial charge in [0.05, 0.1) is 26.4 Å². The van der Waals surface area contributed by atoms with Gasteiger partial charge in [-0.05, 0) is 154 Å². The molecule has 0 amide bonds. The maximum absolute atomic E-state index is 11.3. The molecule has 0 aliphatic heterocycles. The average molecular weight is 1190 g/mol. The van der Waals surface area contributed by atoms with E-state index < -0.39 is 0 Å². The largest absolute Gasteiger partial charge is 0.396 e. The van der Waals surface area contributed by atoms with Gasteiger partial charge in [-0.3, -0.25) is 28.8 Å². The molecule has 1 N–H and O–H groups in total. The van der Waals surface area contributed by atoms with Crippen molar-refractivity contribution in [3.63, 3.8) is 0 Å². The third-order valence-electron chi connectivity index (χ3n) is 17.5. The van der Waals surface area contributed by atoms with Crippen LogP contribution in [0.4, 0.5) is 0 Å². The van der Waals surface area contributed by atoms with Crippen LogP contribution in [0, 0.1) is 35.5 Å². The number of benzene rings is 4. The highest BCUT2D eigenvalue weighted by Crippen LogP contribution is 2.31. The minimum atomic E-state index is 0.234. The molecule has 0 aromatic heterocycles. The zero-order valence-electron chi connectivity index (χ0n) is 53.5. The minimum Gasteiger partial charge on any atom is -0.396 e. The molecular weight excluding hydrogens is 1080 g/mol. The number of Topliss-reactive ketones (excluding diaryl/α,β-unsaturated/α-hetero) is 7. The molecule has 6 aliphatic carbocycles. The molecule has 10 nitrogen and oxygen atoms in total. The van der Waals surface area contributed by atoms with Crippen molar-refractivity contribution in [1.82, 2.24) is 0 Å². The van der Waals surface area contributed by atoms with Crippen molar-refractivity contribution < 1.29 is 48.1 Å². The highest BCUT2D eigenvalue weighted by Gasteiger charge is 2.25. The fourth-order valence-corrected chi connectivity index (χ4v) is 12.4. The Morgan fingerprint density at radius 1 is 0.506 bits per heavy atom. The summed E-state index contributed by atoms with van der Waals surface area (Å²) in [5.41, 5.74) is 5.12. The SMILES string of the molecule is C=CCC1CCCC(=O)C1.CCCC(CC)CC(C)=O.O=C1CCC(CCO)C1.O=C1CCC(CCc2ccccc2)C1.O=C1CCC(COCc2ccccc2)C1.O=C1CCCC(COCc2ccccc2)C1.O=C1CCCC(c2ccccc2)C1. The Balaban J connectivity index is 0.000000219. The number of aliphatic hydroxyl groups excluding tert-OH is 1. The van der Waals surface area contributed by atoms with Crippen LogP contribution in [0.15, 0.2) is 134 Å².